The van der Waals surface area contributed by atoms with E-state index < -0.39 is 0 Å². The predicted octanol–water partition coefficient (Wildman–Crippen LogP) is 1.87. The van der Waals surface area contributed by atoms with Crippen LogP contribution in [-0.2, 0) is 6.54 Å². The molecule has 2 atom stereocenters. The van der Waals surface area contributed by atoms with Crippen molar-refractivity contribution in [1.82, 2.24) is 14.9 Å². The number of piperidine rings is 1. The van der Waals surface area contributed by atoms with Crippen molar-refractivity contribution in [3.63, 3.8) is 0 Å². The highest BCUT2D eigenvalue weighted by Crippen LogP contribution is 2.22. The number of aromatic nitrogens is 2. The fraction of sp³-hybridized carbons (Fsp3) is 0.500. The number of rotatable bonds is 2. The van der Waals surface area contributed by atoms with Crippen LogP contribution in [0.2, 0.25) is 0 Å². The van der Waals surface area contributed by atoms with Crippen molar-refractivity contribution in [2.24, 2.45) is 5.73 Å². The third-order valence-electron chi connectivity index (χ3n) is 3.96. The number of fused-ring (bicyclic) bond motifs is 1. The molecule has 0 saturated carbocycles. The van der Waals surface area contributed by atoms with Gasteiger partial charge in [0.2, 0.25) is 0 Å². The molecule has 0 aromatic carbocycles. The molecule has 0 spiro atoms. The highest BCUT2D eigenvalue weighted by atomic mass is 15.2. The molecule has 2 aromatic heterocycles. The molecule has 0 radical (unpaired) electrons. The average molecular weight is 244 g/mol. The molecule has 0 bridgehead atoms. The smallest absolute Gasteiger partial charge is 0.137 e. The van der Waals surface area contributed by atoms with Gasteiger partial charge in [-0.2, -0.15) is 0 Å². The van der Waals surface area contributed by atoms with E-state index in [2.05, 4.69) is 34.1 Å². The minimum Gasteiger partial charge on any atom is -0.346 e. The van der Waals surface area contributed by atoms with Gasteiger partial charge in [-0.25, -0.2) is 4.98 Å². The van der Waals surface area contributed by atoms with Crippen molar-refractivity contribution in [2.75, 3.05) is 6.54 Å². The molecule has 1 aliphatic heterocycles. The van der Waals surface area contributed by atoms with Crippen LogP contribution in [-0.4, -0.2) is 33.5 Å². The van der Waals surface area contributed by atoms with Crippen molar-refractivity contribution in [1.29, 1.82) is 0 Å². The van der Waals surface area contributed by atoms with Gasteiger partial charge in [0, 0.05) is 43.0 Å². The van der Waals surface area contributed by atoms with Crippen LogP contribution in [0.1, 0.15) is 25.3 Å². The maximum Gasteiger partial charge on any atom is 0.137 e. The molecule has 3 N–H and O–H groups in total. The Morgan fingerprint density at radius 2 is 2.44 bits per heavy atom. The number of nitrogens with zero attached hydrogens (tertiary/aromatic N) is 2. The first kappa shape index (κ1) is 11.7. The Hall–Kier alpha value is -1.39. The van der Waals surface area contributed by atoms with E-state index in [1.54, 1.807) is 0 Å². The standard InChI is InChI=1S/C14H20N4/c1-10-7-12(15)4-6-18(10)9-11-8-17-14-13(11)3-2-5-16-14/h2-3,5,8,10,12H,4,6-7,9,15H2,1H3,(H,16,17). The number of aromatic amines is 1. The van der Waals surface area contributed by atoms with E-state index in [0.29, 0.717) is 12.1 Å². The molecular formula is C14H20N4. The number of hydrogen-bond donors (Lipinski definition) is 2. The zero-order chi connectivity index (χ0) is 12.5. The van der Waals surface area contributed by atoms with Crippen LogP contribution in [0.15, 0.2) is 24.5 Å². The summed E-state index contributed by atoms with van der Waals surface area (Å²) in [6, 6.07) is 5.07. The first-order valence-electron chi connectivity index (χ1n) is 6.64. The molecule has 3 heterocycles. The van der Waals surface area contributed by atoms with Crippen LogP contribution >= 0.6 is 0 Å². The quantitative estimate of drug-likeness (QED) is 0.848. The summed E-state index contributed by atoms with van der Waals surface area (Å²) in [6.45, 7) is 4.35. The summed E-state index contributed by atoms with van der Waals surface area (Å²) in [5.74, 6) is 0. The van der Waals surface area contributed by atoms with Gasteiger partial charge in [0.15, 0.2) is 0 Å². The normalized spacial score (nSPS) is 25.7. The van der Waals surface area contributed by atoms with Crippen molar-refractivity contribution >= 4 is 11.0 Å². The van der Waals surface area contributed by atoms with Crippen molar-refractivity contribution in [2.45, 2.75) is 38.4 Å². The lowest BCUT2D eigenvalue weighted by Crippen LogP contribution is -2.44. The van der Waals surface area contributed by atoms with Crippen LogP contribution in [0.25, 0.3) is 11.0 Å². The average Bonchev–Trinajstić information content (AvgIpc) is 2.76. The lowest BCUT2D eigenvalue weighted by Gasteiger charge is -2.36. The van der Waals surface area contributed by atoms with Crippen LogP contribution in [0.4, 0.5) is 0 Å². The fourth-order valence-electron chi connectivity index (χ4n) is 2.85. The summed E-state index contributed by atoms with van der Waals surface area (Å²) in [5.41, 5.74) is 8.32. The van der Waals surface area contributed by atoms with Crippen LogP contribution in [0.5, 0.6) is 0 Å². The van der Waals surface area contributed by atoms with Gasteiger partial charge in [-0.3, -0.25) is 4.90 Å². The Labute approximate surface area is 107 Å². The number of hydrogen-bond acceptors (Lipinski definition) is 3. The van der Waals surface area contributed by atoms with E-state index in [1.165, 1.54) is 10.9 Å². The third kappa shape index (κ3) is 2.13. The molecule has 18 heavy (non-hydrogen) atoms. The maximum atomic E-state index is 6.01. The molecule has 2 unspecified atom stereocenters. The summed E-state index contributed by atoms with van der Waals surface area (Å²) in [6.07, 6.45) is 6.11. The molecule has 3 rings (SSSR count). The molecular weight excluding hydrogens is 224 g/mol. The summed E-state index contributed by atoms with van der Waals surface area (Å²) in [7, 11) is 0. The van der Waals surface area contributed by atoms with Gasteiger partial charge in [-0.15, -0.1) is 0 Å². The Balaban J connectivity index is 1.80. The first-order valence-corrected chi connectivity index (χ1v) is 6.64. The highest BCUT2D eigenvalue weighted by Gasteiger charge is 2.23. The molecule has 0 aliphatic carbocycles. The molecule has 1 aliphatic rings. The zero-order valence-electron chi connectivity index (χ0n) is 10.8. The largest absolute Gasteiger partial charge is 0.346 e. The molecule has 0 amide bonds. The number of likely N-dealkylation sites (tertiary alicyclic amines) is 1. The summed E-state index contributed by atoms with van der Waals surface area (Å²) in [4.78, 5) is 10.1. The lowest BCUT2D eigenvalue weighted by molar-refractivity contribution is 0.140. The van der Waals surface area contributed by atoms with E-state index in [9.17, 15) is 0 Å². The second-order valence-electron chi connectivity index (χ2n) is 5.32. The van der Waals surface area contributed by atoms with Gasteiger partial charge in [0.25, 0.3) is 0 Å². The van der Waals surface area contributed by atoms with E-state index in [0.717, 1.165) is 31.6 Å². The molecule has 1 saturated heterocycles. The second-order valence-corrected chi connectivity index (χ2v) is 5.32. The highest BCUT2D eigenvalue weighted by molar-refractivity contribution is 5.79. The summed E-state index contributed by atoms with van der Waals surface area (Å²) >= 11 is 0. The first-order chi connectivity index (χ1) is 8.74. The van der Waals surface area contributed by atoms with Crippen LogP contribution in [0.3, 0.4) is 0 Å². The topological polar surface area (TPSA) is 57.9 Å². The van der Waals surface area contributed by atoms with Gasteiger partial charge in [0.1, 0.15) is 5.65 Å². The van der Waals surface area contributed by atoms with Crippen LogP contribution < -0.4 is 5.73 Å². The minimum atomic E-state index is 0.376. The Morgan fingerprint density at radius 1 is 1.56 bits per heavy atom. The summed E-state index contributed by atoms with van der Waals surface area (Å²) < 4.78 is 0. The fourth-order valence-corrected chi connectivity index (χ4v) is 2.85. The van der Waals surface area contributed by atoms with Gasteiger partial charge in [0.05, 0.1) is 0 Å². The number of nitrogens with two attached hydrogens (primary N) is 1. The number of nitrogens with one attached hydrogen (secondary N) is 1. The minimum absolute atomic E-state index is 0.376. The Kier molecular flexibility index (Phi) is 3.06. The third-order valence-corrected chi connectivity index (χ3v) is 3.96. The number of H-pyrrole nitrogens is 1. The van der Waals surface area contributed by atoms with Crippen molar-refractivity contribution in [3.8, 4) is 0 Å². The van der Waals surface area contributed by atoms with Crippen LogP contribution in [0, 0.1) is 0 Å². The Bertz CT molecular complexity index is 533. The molecule has 96 valence electrons. The van der Waals surface area contributed by atoms with Gasteiger partial charge >= 0.3 is 0 Å². The van der Waals surface area contributed by atoms with Crippen molar-refractivity contribution < 1.29 is 0 Å². The maximum absolute atomic E-state index is 6.01. The van der Waals surface area contributed by atoms with E-state index in [4.69, 9.17) is 5.73 Å². The second kappa shape index (κ2) is 4.71. The van der Waals surface area contributed by atoms with Crippen molar-refractivity contribution in [3.05, 3.63) is 30.1 Å². The lowest BCUT2D eigenvalue weighted by atomic mass is 9.98. The molecule has 4 heteroatoms. The van der Waals surface area contributed by atoms with E-state index in [-0.39, 0.29) is 0 Å². The monoisotopic (exact) mass is 244 g/mol. The Morgan fingerprint density at radius 3 is 3.28 bits per heavy atom. The van der Waals surface area contributed by atoms with E-state index in [1.807, 2.05) is 12.3 Å². The summed E-state index contributed by atoms with van der Waals surface area (Å²) in [5, 5.41) is 1.24. The molecule has 2 aromatic rings. The SMILES string of the molecule is CC1CC(N)CCN1Cc1c[nH]c2ncccc12. The zero-order valence-corrected chi connectivity index (χ0v) is 10.8. The van der Waals surface area contributed by atoms with Gasteiger partial charge in [-0.1, -0.05) is 0 Å². The van der Waals surface area contributed by atoms with Gasteiger partial charge in [-0.05, 0) is 37.5 Å². The van der Waals surface area contributed by atoms with E-state index >= 15 is 0 Å². The number of pyridine rings is 1. The predicted molar refractivity (Wildman–Crippen MR) is 73.2 cm³/mol. The van der Waals surface area contributed by atoms with Gasteiger partial charge < -0.3 is 10.7 Å². The molecule has 1 fully saturated rings. The molecule has 4 nitrogen and oxygen atoms in total.